The summed E-state index contributed by atoms with van der Waals surface area (Å²) in [6, 6.07) is 1.80. The third kappa shape index (κ3) is 2.42. The number of hydrogen-bond acceptors (Lipinski definition) is 2. The van der Waals surface area contributed by atoms with Crippen molar-refractivity contribution in [3.05, 3.63) is 24.2 Å². The minimum absolute atomic E-state index is 0.537. The second-order valence-electron chi connectivity index (χ2n) is 3.13. The molecule has 1 rings (SSSR count). The summed E-state index contributed by atoms with van der Waals surface area (Å²) in [7, 11) is 0. The van der Waals surface area contributed by atoms with Crippen LogP contribution in [0.25, 0.3) is 0 Å². The van der Waals surface area contributed by atoms with Crippen LogP contribution in [0, 0.1) is 5.92 Å². The smallest absolute Gasteiger partial charge is 0.128 e. The number of nitrogens with zero attached hydrogens (tertiary/aromatic N) is 1. The van der Waals surface area contributed by atoms with Crippen LogP contribution in [0.3, 0.4) is 0 Å². The molecule has 1 aromatic rings. The first-order valence-corrected chi connectivity index (χ1v) is 4.02. The molecule has 0 bridgehead atoms. The highest BCUT2D eigenvalue weighted by Gasteiger charge is 1.98. The van der Waals surface area contributed by atoms with Gasteiger partial charge in [0.05, 0.1) is 11.8 Å². The number of rotatable bonds is 3. The van der Waals surface area contributed by atoms with E-state index in [2.05, 4.69) is 18.8 Å². The Hall–Kier alpha value is -1.25. The normalized spacial score (nSPS) is 12.4. The molecule has 0 saturated heterocycles. The van der Waals surface area contributed by atoms with E-state index in [1.807, 2.05) is 0 Å². The fourth-order valence-corrected chi connectivity index (χ4v) is 0.782. The molecule has 0 spiro atoms. The standard InChI is InChI=1S/C9H14N2O/c1-7(2)5-11-9(10)8-3-4-12-6-8/h3-4,6-7H,5H2,1-2H3,(H2,10,11). The predicted molar refractivity (Wildman–Crippen MR) is 49.1 cm³/mol. The molecular formula is C9H14N2O. The molecular weight excluding hydrogens is 152 g/mol. The van der Waals surface area contributed by atoms with E-state index in [1.54, 1.807) is 18.6 Å². The highest BCUT2D eigenvalue weighted by Crippen LogP contribution is 2.00. The van der Waals surface area contributed by atoms with Gasteiger partial charge in [-0.05, 0) is 12.0 Å². The molecule has 1 aromatic heterocycles. The zero-order valence-electron chi connectivity index (χ0n) is 7.45. The molecule has 0 aliphatic carbocycles. The van der Waals surface area contributed by atoms with Crippen LogP contribution in [0.4, 0.5) is 0 Å². The van der Waals surface area contributed by atoms with E-state index in [-0.39, 0.29) is 0 Å². The van der Waals surface area contributed by atoms with Gasteiger partial charge in [-0.25, -0.2) is 0 Å². The zero-order chi connectivity index (χ0) is 8.97. The van der Waals surface area contributed by atoms with Crippen LogP contribution < -0.4 is 5.73 Å². The number of hydrogen-bond donors (Lipinski definition) is 1. The lowest BCUT2D eigenvalue weighted by atomic mass is 10.2. The molecule has 0 unspecified atom stereocenters. The van der Waals surface area contributed by atoms with Crippen molar-refractivity contribution in [1.29, 1.82) is 0 Å². The first-order chi connectivity index (χ1) is 5.70. The maximum absolute atomic E-state index is 5.68. The monoisotopic (exact) mass is 166 g/mol. The summed E-state index contributed by atoms with van der Waals surface area (Å²) in [4.78, 5) is 4.20. The first-order valence-electron chi connectivity index (χ1n) is 4.02. The first kappa shape index (κ1) is 8.84. The SMILES string of the molecule is CC(C)CN=C(N)c1ccoc1. The van der Waals surface area contributed by atoms with Crippen LogP contribution >= 0.6 is 0 Å². The Labute approximate surface area is 72.3 Å². The van der Waals surface area contributed by atoms with Crippen LogP contribution in [0.15, 0.2) is 28.0 Å². The fraction of sp³-hybridized carbons (Fsp3) is 0.444. The van der Waals surface area contributed by atoms with Crippen molar-refractivity contribution in [3.8, 4) is 0 Å². The molecule has 0 radical (unpaired) electrons. The summed E-state index contributed by atoms with van der Waals surface area (Å²) >= 11 is 0. The van der Waals surface area contributed by atoms with Gasteiger partial charge in [-0.15, -0.1) is 0 Å². The van der Waals surface area contributed by atoms with E-state index in [1.165, 1.54) is 0 Å². The molecule has 2 N–H and O–H groups in total. The minimum Gasteiger partial charge on any atom is -0.472 e. The van der Waals surface area contributed by atoms with E-state index in [0.717, 1.165) is 12.1 Å². The lowest BCUT2D eigenvalue weighted by molar-refractivity contribution is 0.566. The summed E-state index contributed by atoms with van der Waals surface area (Å²) in [5.74, 6) is 1.09. The van der Waals surface area contributed by atoms with Crippen LogP contribution in [0.2, 0.25) is 0 Å². The molecule has 12 heavy (non-hydrogen) atoms. The Morgan fingerprint density at radius 1 is 1.67 bits per heavy atom. The van der Waals surface area contributed by atoms with Crippen molar-refractivity contribution in [2.75, 3.05) is 6.54 Å². The lowest BCUT2D eigenvalue weighted by Crippen LogP contribution is -2.13. The quantitative estimate of drug-likeness (QED) is 0.548. The van der Waals surface area contributed by atoms with Crippen molar-refractivity contribution < 1.29 is 4.42 Å². The number of aliphatic imine (C=N–C) groups is 1. The van der Waals surface area contributed by atoms with Crippen LogP contribution in [-0.4, -0.2) is 12.4 Å². The van der Waals surface area contributed by atoms with Gasteiger partial charge in [0.2, 0.25) is 0 Å². The molecule has 3 heteroatoms. The maximum atomic E-state index is 5.68. The highest BCUT2D eigenvalue weighted by atomic mass is 16.3. The average molecular weight is 166 g/mol. The summed E-state index contributed by atoms with van der Waals surface area (Å²) < 4.78 is 4.88. The fourth-order valence-electron chi connectivity index (χ4n) is 0.782. The summed E-state index contributed by atoms with van der Waals surface area (Å²) in [5.41, 5.74) is 6.53. The predicted octanol–water partition coefficient (Wildman–Crippen LogP) is 1.64. The Balaban J connectivity index is 2.59. The van der Waals surface area contributed by atoms with Crippen molar-refractivity contribution in [2.45, 2.75) is 13.8 Å². The van der Waals surface area contributed by atoms with Crippen LogP contribution in [0.5, 0.6) is 0 Å². The zero-order valence-corrected chi connectivity index (χ0v) is 7.45. The van der Waals surface area contributed by atoms with E-state index < -0.39 is 0 Å². The van der Waals surface area contributed by atoms with E-state index >= 15 is 0 Å². The molecule has 66 valence electrons. The number of amidine groups is 1. The summed E-state index contributed by atoms with van der Waals surface area (Å²) in [5, 5.41) is 0. The average Bonchev–Trinajstić information content (AvgIpc) is 2.51. The van der Waals surface area contributed by atoms with Gasteiger partial charge in [0, 0.05) is 6.54 Å². The van der Waals surface area contributed by atoms with Gasteiger partial charge in [-0.3, -0.25) is 4.99 Å². The molecule has 0 aromatic carbocycles. The summed E-state index contributed by atoms with van der Waals surface area (Å²) in [6.07, 6.45) is 3.19. The van der Waals surface area contributed by atoms with E-state index in [9.17, 15) is 0 Å². The molecule has 0 aliphatic heterocycles. The second-order valence-corrected chi connectivity index (χ2v) is 3.13. The largest absolute Gasteiger partial charge is 0.472 e. The van der Waals surface area contributed by atoms with Gasteiger partial charge in [-0.2, -0.15) is 0 Å². The third-order valence-electron chi connectivity index (χ3n) is 1.44. The van der Waals surface area contributed by atoms with Gasteiger partial charge in [0.15, 0.2) is 0 Å². The van der Waals surface area contributed by atoms with Crippen LogP contribution in [-0.2, 0) is 0 Å². The second kappa shape index (κ2) is 3.95. The van der Waals surface area contributed by atoms with E-state index in [4.69, 9.17) is 10.2 Å². The van der Waals surface area contributed by atoms with Gasteiger partial charge < -0.3 is 10.2 Å². The van der Waals surface area contributed by atoms with Crippen molar-refractivity contribution in [2.24, 2.45) is 16.6 Å². The van der Waals surface area contributed by atoms with Gasteiger partial charge >= 0.3 is 0 Å². The van der Waals surface area contributed by atoms with Crippen molar-refractivity contribution in [3.63, 3.8) is 0 Å². The van der Waals surface area contributed by atoms with Crippen LogP contribution in [0.1, 0.15) is 19.4 Å². The molecule has 0 fully saturated rings. The number of furan rings is 1. The number of nitrogens with two attached hydrogens (primary N) is 1. The molecule has 0 amide bonds. The Kier molecular flexibility index (Phi) is 2.91. The molecule has 0 aliphatic rings. The van der Waals surface area contributed by atoms with Gasteiger partial charge in [0.1, 0.15) is 12.1 Å². The maximum Gasteiger partial charge on any atom is 0.128 e. The highest BCUT2D eigenvalue weighted by molar-refractivity contribution is 5.97. The van der Waals surface area contributed by atoms with E-state index in [0.29, 0.717) is 11.8 Å². The molecule has 3 nitrogen and oxygen atoms in total. The summed E-state index contributed by atoms with van der Waals surface area (Å²) in [6.45, 7) is 4.97. The molecule has 0 saturated carbocycles. The Morgan fingerprint density at radius 2 is 2.42 bits per heavy atom. The van der Waals surface area contributed by atoms with Crippen molar-refractivity contribution >= 4 is 5.84 Å². The third-order valence-corrected chi connectivity index (χ3v) is 1.44. The minimum atomic E-state index is 0.537. The van der Waals surface area contributed by atoms with Gasteiger partial charge in [0.25, 0.3) is 0 Å². The molecule has 0 atom stereocenters. The molecule has 1 heterocycles. The van der Waals surface area contributed by atoms with Gasteiger partial charge in [-0.1, -0.05) is 13.8 Å². The topological polar surface area (TPSA) is 51.5 Å². The van der Waals surface area contributed by atoms with Crippen molar-refractivity contribution in [1.82, 2.24) is 0 Å². The Morgan fingerprint density at radius 3 is 2.92 bits per heavy atom. The lowest BCUT2D eigenvalue weighted by Gasteiger charge is -1.99. The Bertz CT molecular complexity index is 250.